The number of aryl methyl sites for hydroxylation is 1. The highest BCUT2D eigenvalue weighted by atomic mass is 15.1. The van der Waals surface area contributed by atoms with E-state index >= 15 is 0 Å². The molecule has 0 aliphatic carbocycles. The number of benzene rings is 1. The molecule has 0 aliphatic heterocycles. The second-order valence-electron chi connectivity index (χ2n) is 9.30. The highest BCUT2D eigenvalue weighted by Gasteiger charge is 2.25. The highest BCUT2D eigenvalue weighted by Crippen LogP contribution is 2.29. The summed E-state index contributed by atoms with van der Waals surface area (Å²) in [5.74, 6) is 2.32. The van der Waals surface area contributed by atoms with Gasteiger partial charge >= 0.3 is 0 Å². The summed E-state index contributed by atoms with van der Waals surface area (Å²) in [4.78, 5) is 23.2. The highest BCUT2D eigenvalue weighted by molar-refractivity contribution is 5.95. The third-order valence-corrected chi connectivity index (χ3v) is 4.32. The van der Waals surface area contributed by atoms with Gasteiger partial charge in [0.2, 0.25) is 0 Å². The Labute approximate surface area is 169 Å². The number of aromatic nitrogens is 3. The molecule has 5 nitrogen and oxygen atoms in total. The van der Waals surface area contributed by atoms with Gasteiger partial charge in [-0.05, 0) is 25.5 Å². The number of nitrogens with zero attached hydrogens (tertiary/aromatic N) is 5. The van der Waals surface area contributed by atoms with Crippen LogP contribution < -0.4 is 0 Å². The minimum absolute atomic E-state index is 0.153. The van der Waals surface area contributed by atoms with E-state index in [-0.39, 0.29) is 10.8 Å². The van der Waals surface area contributed by atoms with Crippen molar-refractivity contribution in [3.63, 3.8) is 0 Å². The lowest BCUT2D eigenvalue weighted by atomic mass is 9.93. The van der Waals surface area contributed by atoms with Crippen molar-refractivity contribution >= 4 is 17.6 Å². The van der Waals surface area contributed by atoms with Gasteiger partial charge in [0.25, 0.3) is 0 Å². The molecule has 0 atom stereocenters. The van der Waals surface area contributed by atoms with Crippen LogP contribution in [-0.2, 0) is 10.8 Å². The zero-order valence-corrected chi connectivity index (χ0v) is 18.8. The summed E-state index contributed by atoms with van der Waals surface area (Å²) in [5.41, 5.74) is 3.73. The van der Waals surface area contributed by atoms with Crippen molar-refractivity contribution in [2.45, 2.75) is 72.6 Å². The fourth-order valence-corrected chi connectivity index (χ4v) is 2.52. The summed E-state index contributed by atoms with van der Waals surface area (Å²) >= 11 is 0. The molecule has 1 aromatic carbocycles. The van der Waals surface area contributed by atoms with Crippen molar-refractivity contribution in [3.05, 3.63) is 35.4 Å². The Morgan fingerprint density at radius 3 is 2.04 bits per heavy atom. The van der Waals surface area contributed by atoms with E-state index in [2.05, 4.69) is 71.7 Å². The molecule has 150 valence electrons. The maximum absolute atomic E-state index is 4.80. The van der Waals surface area contributed by atoms with Gasteiger partial charge in [0.05, 0.1) is 5.69 Å². The van der Waals surface area contributed by atoms with Gasteiger partial charge < -0.3 is 4.99 Å². The SMILES string of the molecule is CN=CCC(C)=Nc1cc(-c2nc(C(C)(C)C)nc(C(C)(C)C)n2)ccc1C. The van der Waals surface area contributed by atoms with E-state index in [0.717, 1.165) is 40.6 Å². The van der Waals surface area contributed by atoms with Gasteiger partial charge in [-0.25, -0.2) is 15.0 Å². The van der Waals surface area contributed by atoms with E-state index in [1.54, 1.807) is 7.05 Å². The molecule has 2 rings (SSSR count). The first-order valence-corrected chi connectivity index (χ1v) is 9.74. The van der Waals surface area contributed by atoms with Crippen LogP contribution in [-0.4, -0.2) is 33.9 Å². The van der Waals surface area contributed by atoms with Crippen molar-refractivity contribution in [1.82, 2.24) is 15.0 Å². The summed E-state index contributed by atoms with van der Waals surface area (Å²) in [6.45, 7) is 16.9. The molecule has 0 aliphatic rings. The molecule has 0 unspecified atom stereocenters. The van der Waals surface area contributed by atoms with Gasteiger partial charge in [-0.15, -0.1) is 0 Å². The number of aliphatic imine (C=N–C) groups is 2. The van der Waals surface area contributed by atoms with E-state index in [9.17, 15) is 0 Å². The smallest absolute Gasteiger partial charge is 0.163 e. The molecule has 0 saturated carbocycles. The van der Waals surface area contributed by atoms with Gasteiger partial charge in [-0.2, -0.15) is 0 Å². The maximum atomic E-state index is 4.80. The molecular formula is C23H33N5. The van der Waals surface area contributed by atoms with Crippen LogP contribution in [0.4, 0.5) is 5.69 Å². The first-order chi connectivity index (χ1) is 12.9. The fraction of sp³-hybridized carbons (Fsp3) is 0.522. The third kappa shape index (κ3) is 5.54. The molecule has 0 fully saturated rings. The molecule has 0 N–H and O–H groups in total. The van der Waals surface area contributed by atoms with Crippen LogP contribution >= 0.6 is 0 Å². The quantitative estimate of drug-likeness (QED) is 0.647. The van der Waals surface area contributed by atoms with Crippen LogP contribution in [0.2, 0.25) is 0 Å². The monoisotopic (exact) mass is 379 g/mol. The predicted molar refractivity (Wildman–Crippen MR) is 119 cm³/mol. The Morgan fingerprint density at radius 1 is 0.964 bits per heavy atom. The van der Waals surface area contributed by atoms with E-state index < -0.39 is 0 Å². The lowest BCUT2D eigenvalue weighted by Gasteiger charge is -2.22. The van der Waals surface area contributed by atoms with Crippen molar-refractivity contribution in [3.8, 4) is 11.4 Å². The summed E-state index contributed by atoms with van der Waals surface area (Å²) in [6, 6.07) is 6.20. The van der Waals surface area contributed by atoms with Crippen LogP contribution in [0, 0.1) is 6.92 Å². The minimum Gasteiger partial charge on any atom is -0.300 e. The molecule has 1 aromatic heterocycles. The lowest BCUT2D eigenvalue weighted by Crippen LogP contribution is -2.24. The average Bonchev–Trinajstić information content (AvgIpc) is 2.60. The van der Waals surface area contributed by atoms with Crippen LogP contribution in [0.3, 0.4) is 0 Å². The molecular weight excluding hydrogens is 346 g/mol. The second-order valence-corrected chi connectivity index (χ2v) is 9.30. The largest absolute Gasteiger partial charge is 0.300 e. The van der Waals surface area contributed by atoms with E-state index in [1.807, 2.05) is 13.1 Å². The van der Waals surface area contributed by atoms with Gasteiger partial charge in [0.1, 0.15) is 11.6 Å². The minimum atomic E-state index is -0.153. The van der Waals surface area contributed by atoms with Crippen LogP contribution in [0.25, 0.3) is 11.4 Å². The average molecular weight is 380 g/mol. The van der Waals surface area contributed by atoms with Gasteiger partial charge in [0, 0.05) is 41.8 Å². The lowest BCUT2D eigenvalue weighted by molar-refractivity contribution is 0.497. The molecule has 2 aromatic rings. The van der Waals surface area contributed by atoms with Gasteiger partial charge in [-0.1, -0.05) is 53.7 Å². The Hall–Kier alpha value is -2.43. The Kier molecular flexibility index (Phi) is 6.48. The molecule has 0 spiro atoms. The number of rotatable bonds is 4. The first kappa shape index (κ1) is 21.9. The molecule has 28 heavy (non-hydrogen) atoms. The molecule has 0 amide bonds. The maximum Gasteiger partial charge on any atom is 0.163 e. The Bertz CT molecular complexity index is 864. The predicted octanol–water partition coefficient (Wildman–Crippen LogP) is 5.63. The van der Waals surface area contributed by atoms with E-state index in [0.29, 0.717) is 5.82 Å². The van der Waals surface area contributed by atoms with Gasteiger partial charge in [0.15, 0.2) is 5.82 Å². The van der Waals surface area contributed by atoms with Crippen molar-refractivity contribution in [2.24, 2.45) is 9.98 Å². The summed E-state index contributed by atoms with van der Waals surface area (Å²) in [6.07, 6.45) is 2.61. The number of hydrogen-bond acceptors (Lipinski definition) is 5. The zero-order chi connectivity index (χ0) is 21.1. The molecule has 1 heterocycles. The second kappa shape index (κ2) is 8.29. The first-order valence-electron chi connectivity index (χ1n) is 9.74. The van der Waals surface area contributed by atoms with Crippen LogP contribution in [0.1, 0.15) is 72.1 Å². The van der Waals surface area contributed by atoms with Gasteiger partial charge in [-0.3, -0.25) is 4.99 Å². The fourth-order valence-electron chi connectivity index (χ4n) is 2.52. The normalized spacial score (nSPS) is 13.4. The Morgan fingerprint density at radius 2 is 1.54 bits per heavy atom. The summed E-state index contributed by atoms with van der Waals surface area (Å²) in [5, 5.41) is 0. The van der Waals surface area contributed by atoms with Crippen molar-refractivity contribution in [2.75, 3.05) is 7.05 Å². The topological polar surface area (TPSA) is 63.4 Å². The van der Waals surface area contributed by atoms with Crippen molar-refractivity contribution < 1.29 is 0 Å². The zero-order valence-electron chi connectivity index (χ0n) is 18.8. The summed E-state index contributed by atoms with van der Waals surface area (Å²) in [7, 11) is 1.78. The van der Waals surface area contributed by atoms with E-state index in [1.165, 1.54) is 0 Å². The number of hydrogen-bond donors (Lipinski definition) is 0. The molecule has 0 bridgehead atoms. The van der Waals surface area contributed by atoms with Crippen LogP contribution in [0.15, 0.2) is 28.2 Å². The third-order valence-electron chi connectivity index (χ3n) is 4.32. The molecule has 0 radical (unpaired) electrons. The van der Waals surface area contributed by atoms with E-state index in [4.69, 9.17) is 19.9 Å². The molecule has 0 saturated heterocycles. The standard InChI is InChI=1S/C23H33N5/c1-15-10-11-17(14-18(15)25-16(2)12-13-24-9)19-26-20(22(3,4)5)28-21(27-19)23(6,7)8/h10-11,13-14H,12H2,1-9H3. The summed E-state index contributed by atoms with van der Waals surface area (Å²) < 4.78 is 0. The Balaban J connectivity index is 2.60. The van der Waals surface area contributed by atoms with Crippen molar-refractivity contribution in [1.29, 1.82) is 0 Å². The van der Waals surface area contributed by atoms with Crippen LogP contribution in [0.5, 0.6) is 0 Å². The molecule has 5 heteroatoms.